The van der Waals surface area contributed by atoms with Gasteiger partial charge in [-0.1, -0.05) is 29.3 Å². The largest absolute Gasteiger partial charge is 0.492 e. The molecule has 2 heterocycles. The van der Waals surface area contributed by atoms with Crippen molar-refractivity contribution in [3.63, 3.8) is 0 Å². The van der Waals surface area contributed by atoms with E-state index in [1.807, 2.05) is 38.1 Å². The smallest absolute Gasteiger partial charge is 0.247 e. The van der Waals surface area contributed by atoms with E-state index in [4.69, 9.17) is 20.8 Å². The van der Waals surface area contributed by atoms with Crippen molar-refractivity contribution in [1.82, 2.24) is 14.5 Å². The average molecular weight is 462 g/mol. The maximum atomic E-state index is 13.2. The predicted octanol–water partition coefficient (Wildman–Crippen LogP) is 4.67. The molecule has 1 aliphatic heterocycles. The van der Waals surface area contributed by atoms with Crippen molar-refractivity contribution in [2.75, 3.05) is 19.7 Å². The van der Waals surface area contributed by atoms with Crippen LogP contribution in [-0.2, 0) is 10.0 Å². The molecule has 2 aromatic carbocycles. The van der Waals surface area contributed by atoms with Gasteiger partial charge in [-0.3, -0.25) is 0 Å². The van der Waals surface area contributed by atoms with Gasteiger partial charge in [0.1, 0.15) is 5.75 Å². The Bertz CT molecular complexity index is 1160. The second kappa shape index (κ2) is 8.98. The number of halogens is 1. The number of sulfonamides is 1. The first-order valence-electron chi connectivity index (χ1n) is 10.2. The van der Waals surface area contributed by atoms with Gasteiger partial charge in [-0.2, -0.15) is 4.31 Å². The summed E-state index contributed by atoms with van der Waals surface area (Å²) in [5.41, 5.74) is 1.99. The number of nitrogens with zero attached hydrogens (tertiary/aromatic N) is 3. The molecule has 1 saturated heterocycles. The Labute approximate surface area is 187 Å². The first-order valence-corrected chi connectivity index (χ1v) is 12.0. The van der Waals surface area contributed by atoms with Crippen molar-refractivity contribution in [2.24, 2.45) is 0 Å². The highest BCUT2D eigenvalue weighted by molar-refractivity contribution is 7.89. The van der Waals surface area contributed by atoms with Crippen molar-refractivity contribution in [3.8, 4) is 17.2 Å². The molecule has 0 amide bonds. The van der Waals surface area contributed by atoms with Gasteiger partial charge >= 0.3 is 0 Å². The van der Waals surface area contributed by atoms with E-state index >= 15 is 0 Å². The SMILES string of the molecule is CCOc1ccc(S(=O)(=O)N2CCC[C@H](c3nnc(-c4ccc(C)cc4)o3)C2)cc1Cl. The summed E-state index contributed by atoms with van der Waals surface area (Å²) in [4.78, 5) is 0.146. The minimum absolute atomic E-state index is 0.146. The van der Waals surface area contributed by atoms with Crippen LogP contribution in [-0.4, -0.2) is 42.6 Å². The Morgan fingerprint density at radius 2 is 1.97 bits per heavy atom. The average Bonchev–Trinajstić information content (AvgIpc) is 3.26. The Kier molecular flexibility index (Phi) is 6.31. The van der Waals surface area contributed by atoms with Crippen LogP contribution in [0.2, 0.25) is 5.02 Å². The predicted molar refractivity (Wildman–Crippen MR) is 118 cm³/mol. The zero-order chi connectivity index (χ0) is 22.0. The number of rotatable bonds is 6. The molecular formula is C22H24ClN3O4S. The molecule has 1 atom stereocenters. The van der Waals surface area contributed by atoms with Crippen molar-refractivity contribution in [3.05, 3.63) is 58.9 Å². The lowest BCUT2D eigenvalue weighted by Gasteiger charge is -2.30. The van der Waals surface area contributed by atoms with Crippen LogP contribution in [0.3, 0.4) is 0 Å². The van der Waals surface area contributed by atoms with Gasteiger partial charge in [-0.05, 0) is 57.0 Å². The monoisotopic (exact) mass is 461 g/mol. The molecule has 0 bridgehead atoms. The molecule has 0 unspecified atom stereocenters. The van der Waals surface area contributed by atoms with Gasteiger partial charge in [0.15, 0.2) is 0 Å². The molecule has 1 aromatic heterocycles. The third-order valence-electron chi connectivity index (χ3n) is 5.31. The van der Waals surface area contributed by atoms with Gasteiger partial charge in [-0.25, -0.2) is 8.42 Å². The van der Waals surface area contributed by atoms with Crippen LogP contribution in [0.25, 0.3) is 11.5 Å². The van der Waals surface area contributed by atoms with E-state index < -0.39 is 10.0 Å². The minimum atomic E-state index is -3.70. The van der Waals surface area contributed by atoms with Gasteiger partial charge in [0.05, 0.1) is 22.4 Å². The number of aromatic nitrogens is 2. The Balaban J connectivity index is 1.53. The molecule has 0 spiro atoms. The summed E-state index contributed by atoms with van der Waals surface area (Å²) in [6.07, 6.45) is 1.49. The fraction of sp³-hybridized carbons (Fsp3) is 0.364. The van der Waals surface area contributed by atoms with Crippen molar-refractivity contribution < 1.29 is 17.6 Å². The fourth-order valence-corrected chi connectivity index (χ4v) is 5.49. The molecule has 3 aromatic rings. The quantitative estimate of drug-likeness (QED) is 0.530. The zero-order valence-corrected chi connectivity index (χ0v) is 19.0. The molecule has 0 aliphatic carbocycles. The molecule has 9 heteroatoms. The summed E-state index contributed by atoms with van der Waals surface area (Å²) in [6.45, 7) is 5.02. The maximum Gasteiger partial charge on any atom is 0.247 e. The summed E-state index contributed by atoms with van der Waals surface area (Å²) in [5.74, 6) is 1.20. The van der Waals surface area contributed by atoms with Gasteiger partial charge in [-0.15, -0.1) is 10.2 Å². The number of benzene rings is 2. The number of aryl methyl sites for hydroxylation is 1. The topological polar surface area (TPSA) is 85.5 Å². The molecule has 164 valence electrons. The van der Waals surface area contributed by atoms with Crippen molar-refractivity contribution in [2.45, 2.75) is 37.5 Å². The van der Waals surface area contributed by atoms with E-state index in [1.165, 1.54) is 16.4 Å². The van der Waals surface area contributed by atoms with Crippen LogP contribution in [0.15, 0.2) is 51.8 Å². The van der Waals surface area contributed by atoms with Crippen LogP contribution < -0.4 is 4.74 Å². The third kappa shape index (κ3) is 4.61. The lowest BCUT2D eigenvalue weighted by Crippen LogP contribution is -2.39. The highest BCUT2D eigenvalue weighted by atomic mass is 35.5. The van der Waals surface area contributed by atoms with Gasteiger partial charge in [0.25, 0.3) is 0 Å². The number of hydrogen-bond acceptors (Lipinski definition) is 6. The minimum Gasteiger partial charge on any atom is -0.492 e. The van der Waals surface area contributed by atoms with Crippen LogP contribution in [0.5, 0.6) is 5.75 Å². The van der Waals surface area contributed by atoms with Crippen LogP contribution in [0.1, 0.15) is 37.1 Å². The highest BCUT2D eigenvalue weighted by Gasteiger charge is 2.33. The summed E-state index contributed by atoms with van der Waals surface area (Å²) in [6, 6.07) is 12.4. The first kappa shape index (κ1) is 21.8. The van der Waals surface area contributed by atoms with E-state index in [9.17, 15) is 8.42 Å². The number of hydrogen-bond donors (Lipinski definition) is 0. The van der Waals surface area contributed by atoms with Crippen LogP contribution in [0, 0.1) is 6.92 Å². The Morgan fingerprint density at radius 3 is 2.68 bits per heavy atom. The molecule has 31 heavy (non-hydrogen) atoms. The number of piperidine rings is 1. The van der Waals surface area contributed by atoms with E-state index in [0.717, 1.165) is 17.5 Å². The molecule has 0 radical (unpaired) electrons. The fourth-order valence-electron chi connectivity index (χ4n) is 3.64. The third-order valence-corrected chi connectivity index (χ3v) is 7.47. The second-order valence-corrected chi connectivity index (χ2v) is 9.88. The summed E-state index contributed by atoms with van der Waals surface area (Å²) < 4.78 is 39.2. The maximum absolute atomic E-state index is 13.2. The van der Waals surface area contributed by atoms with Gasteiger partial charge < -0.3 is 9.15 Å². The van der Waals surface area contributed by atoms with E-state index in [1.54, 1.807) is 6.07 Å². The lowest BCUT2D eigenvalue weighted by molar-refractivity contribution is 0.286. The van der Waals surface area contributed by atoms with Gasteiger partial charge in [0, 0.05) is 18.7 Å². The normalized spacial score (nSPS) is 17.6. The van der Waals surface area contributed by atoms with Crippen molar-refractivity contribution >= 4 is 21.6 Å². The Morgan fingerprint density at radius 1 is 1.19 bits per heavy atom. The standard InChI is InChI=1S/C22H24ClN3O4S/c1-3-29-20-11-10-18(13-19(20)23)31(27,28)26-12-4-5-17(14-26)22-25-24-21(30-22)16-8-6-15(2)7-9-16/h6-11,13,17H,3-5,12,14H2,1-2H3/t17-/m0/s1. The molecular weight excluding hydrogens is 438 g/mol. The highest BCUT2D eigenvalue weighted by Crippen LogP contribution is 2.33. The molecule has 0 saturated carbocycles. The first-order chi connectivity index (χ1) is 14.9. The lowest BCUT2D eigenvalue weighted by atomic mass is 10.00. The van der Waals surface area contributed by atoms with E-state index in [-0.39, 0.29) is 22.4 Å². The number of ether oxygens (including phenoxy) is 1. The van der Waals surface area contributed by atoms with Crippen LogP contribution >= 0.6 is 11.6 Å². The Hall–Kier alpha value is -2.42. The summed E-state index contributed by atoms with van der Waals surface area (Å²) in [5, 5.41) is 8.63. The van der Waals surface area contributed by atoms with E-state index in [0.29, 0.717) is 37.1 Å². The van der Waals surface area contributed by atoms with Gasteiger partial charge in [0.2, 0.25) is 21.8 Å². The molecule has 7 nitrogen and oxygen atoms in total. The molecule has 4 rings (SSSR count). The van der Waals surface area contributed by atoms with E-state index in [2.05, 4.69) is 10.2 Å². The molecule has 1 fully saturated rings. The zero-order valence-electron chi connectivity index (χ0n) is 17.4. The summed E-state index contributed by atoms with van der Waals surface area (Å²) >= 11 is 6.21. The van der Waals surface area contributed by atoms with Crippen LogP contribution in [0.4, 0.5) is 0 Å². The molecule has 0 N–H and O–H groups in total. The second-order valence-electron chi connectivity index (χ2n) is 7.54. The van der Waals surface area contributed by atoms with Crippen molar-refractivity contribution in [1.29, 1.82) is 0 Å². The molecule has 1 aliphatic rings. The summed E-state index contributed by atoms with van der Waals surface area (Å²) in [7, 11) is -3.70.